The van der Waals surface area contributed by atoms with Gasteiger partial charge in [0.2, 0.25) is 0 Å². The number of anilines is 1. The number of nitrogens with zero attached hydrogens (tertiary/aromatic N) is 1. The van der Waals surface area contributed by atoms with Gasteiger partial charge in [-0.1, -0.05) is 25.4 Å². The Kier molecular flexibility index (Phi) is 3.95. The Bertz CT molecular complexity index is 390. The van der Waals surface area contributed by atoms with Crippen LogP contribution in [0, 0.1) is 11.8 Å². The molecule has 1 aliphatic heterocycles. The predicted molar refractivity (Wildman–Crippen MR) is 74.1 cm³/mol. The average molecular weight is 253 g/mol. The Labute approximate surface area is 109 Å². The van der Waals surface area contributed by atoms with Gasteiger partial charge in [0.15, 0.2) is 0 Å². The third-order valence-electron chi connectivity index (χ3n) is 3.72. The van der Waals surface area contributed by atoms with E-state index in [9.17, 15) is 0 Å². The van der Waals surface area contributed by atoms with Crippen LogP contribution in [-0.2, 0) is 6.54 Å². The molecular formula is C14H21ClN2. The Morgan fingerprint density at radius 2 is 2.24 bits per heavy atom. The highest BCUT2D eigenvalue weighted by atomic mass is 35.5. The molecule has 1 aromatic rings. The van der Waals surface area contributed by atoms with Gasteiger partial charge in [0.25, 0.3) is 0 Å². The van der Waals surface area contributed by atoms with Gasteiger partial charge in [-0.2, -0.15) is 0 Å². The van der Waals surface area contributed by atoms with Crippen molar-refractivity contribution in [2.24, 2.45) is 11.8 Å². The summed E-state index contributed by atoms with van der Waals surface area (Å²) in [6.45, 7) is 7.90. The lowest BCUT2D eigenvalue weighted by Crippen LogP contribution is -2.21. The maximum absolute atomic E-state index is 6.19. The van der Waals surface area contributed by atoms with E-state index in [0.29, 0.717) is 0 Å². The second kappa shape index (κ2) is 5.28. The molecule has 1 heterocycles. The van der Waals surface area contributed by atoms with Crippen LogP contribution in [0.3, 0.4) is 0 Å². The van der Waals surface area contributed by atoms with Crippen molar-refractivity contribution in [1.29, 1.82) is 0 Å². The van der Waals surface area contributed by atoms with Gasteiger partial charge in [0.1, 0.15) is 0 Å². The lowest BCUT2D eigenvalue weighted by atomic mass is 9.95. The molecule has 0 saturated carbocycles. The summed E-state index contributed by atoms with van der Waals surface area (Å²) in [4.78, 5) is 2.48. The van der Waals surface area contributed by atoms with Gasteiger partial charge < -0.3 is 5.73 Å². The highest BCUT2D eigenvalue weighted by Crippen LogP contribution is 2.27. The summed E-state index contributed by atoms with van der Waals surface area (Å²) in [5.74, 6) is 1.60. The second-order valence-electron chi connectivity index (χ2n) is 5.38. The largest absolute Gasteiger partial charge is 0.399 e. The average Bonchev–Trinajstić information content (AvgIpc) is 2.72. The molecule has 94 valence electrons. The van der Waals surface area contributed by atoms with Crippen molar-refractivity contribution in [2.75, 3.05) is 18.8 Å². The number of likely N-dealkylation sites (tertiary alicyclic amines) is 1. The highest BCUT2D eigenvalue weighted by Gasteiger charge is 2.24. The van der Waals surface area contributed by atoms with Gasteiger partial charge in [-0.3, -0.25) is 4.90 Å². The first-order valence-electron chi connectivity index (χ1n) is 6.32. The van der Waals surface area contributed by atoms with Crippen molar-refractivity contribution >= 4 is 17.3 Å². The first-order chi connectivity index (χ1) is 8.06. The summed E-state index contributed by atoms with van der Waals surface area (Å²) in [5.41, 5.74) is 7.74. The van der Waals surface area contributed by atoms with Crippen LogP contribution in [0.1, 0.15) is 25.8 Å². The lowest BCUT2D eigenvalue weighted by molar-refractivity contribution is 0.297. The summed E-state index contributed by atoms with van der Waals surface area (Å²) < 4.78 is 0. The molecule has 3 heteroatoms. The van der Waals surface area contributed by atoms with Crippen molar-refractivity contribution in [3.8, 4) is 0 Å². The molecule has 1 atom stereocenters. The SMILES string of the molecule is CC(C)C1CCN(Cc2cc(N)ccc2Cl)C1. The summed E-state index contributed by atoms with van der Waals surface area (Å²) in [7, 11) is 0. The molecule has 0 bridgehead atoms. The minimum absolute atomic E-state index is 0.774. The number of hydrogen-bond acceptors (Lipinski definition) is 2. The zero-order valence-corrected chi connectivity index (χ0v) is 11.4. The topological polar surface area (TPSA) is 29.3 Å². The molecule has 1 fully saturated rings. The molecular weight excluding hydrogens is 232 g/mol. The van der Waals surface area contributed by atoms with Gasteiger partial charge in [-0.15, -0.1) is 0 Å². The van der Waals surface area contributed by atoms with Gasteiger partial charge >= 0.3 is 0 Å². The van der Waals surface area contributed by atoms with Crippen LogP contribution in [0.4, 0.5) is 5.69 Å². The number of benzene rings is 1. The van der Waals surface area contributed by atoms with Crippen LogP contribution in [0.25, 0.3) is 0 Å². The van der Waals surface area contributed by atoms with E-state index in [1.807, 2.05) is 18.2 Å². The third-order valence-corrected chi connectivity index (χ3v) is 4.08. The Hall–Kier alpha value is -0.730. The highest BCUT2D eigenvalue weighted by molar-refractivity contribution is 6.31. The van der Waals surface area contributed by atoms with Crippen molar-refractivity contribution in [3.63, 3.8) is 0 Å². The van der Waals surface area contributed by atoms with E-state index in [4.69, 9.17) is 17.3 Å². The van der Waals surface area contributed by atoms with Crippen LogP contribution in [0.5, 0.6) is 0 Å². The number of nitrogen functional groups attached to an aromatic ring is 1. The smallest absolute Gasteiger partial charge is 0.0452 e. The van der Waals surface area contributed by atoms with E-state index in [2.05, 4.69) is 18.7 Å². The second-order valence-corrected chi connectivity index (χ2v) is 5.79. The van der Waals surface area contributed by atoms with E-state index in [-0.39, 0.29) is 0 Å². The van der Waals surface area contributed by atoms with Crippen LogP contribution in [-0.4, -0.2) is 18.0 Å². The zero-order chi connectivity index (χ0) is 12.4. The minimum Gasteiger partial charge on any atom is -0.399 e. The number of halogens is 1. The lowest BCUT2D eigenvalue weighted by Gasteiger charge is -2.18. The number of rotatable bonds is 3. The maximum atomic E-state index is 6.19. The fourth-order valence-corrected chi connectivity index (χ4v) is 2.68. The Morgan fingerprint density at radius 3 is 2.88 bits per heavy atom. The molecule has 0 spiro atoms. The first-order valence-corrected chi connectivity index (χ1v) is 6.70. The van der Waals surface area contributed by atoms with E-state index >= 15 is 0 Å². The third kappa shape index (κ3) is 3.14. The minimum atomic E-state index is 0.774. The molecule has 1 aromatic carbocycles. The van der Waals surface area contributed by atoms with Gasteiger partial charge in [0.05, 0.1) is 0 Å². The summed E-state index contributed by atoms with van der Waals surface area (Å²) in [5, 5.41) is 0.826. The molecule has 0 aromatic heterocycles. The molecule has 0 amide bonds. The summed E-state index contributed by atoms with van der Waals surface area (Å²) >= 11 is 6.19. The fourth-order valence-electron chi connectivity index (χ4n) is 2.51. The Morgan fingerprint density at radius 1 is 1.47 bits per heavy atom. The van der Waals surface area contributed by atoms with Crippen molar-refractivity contribution in [3.05, 3.63) is 28.8 Å². The molecule has 0 aliphatic carbocycles. The Balaban J connectivity index is 2.00. The molecule has 2 rings (SSSR count). The molecule has 1 unspecified atom stereocenters. The zero-order valence-electron chi connectivity index (χ0n) is 10.6. The summed E-state index contributed by atoms with van der Waals surface area (Å²) in [6.07, 6.45) is 1.30. The van der Waals surface area contributed by atoms with Crippen LogP contribution in [0.2, 0.25) is 5.02 Å². The van der Waals surface area contributed by atoms with Gasteiger partial charge in [0, 0.05) is 23.8 Å². The van der Waals surface area contributed by atoms with E-state index in [0.717, 1.165) is 34.7 Å². The molecule has 2 nitrogen and oxygen atoms in total. The van der Waals surface area contributed by atoms with Gasteiger partial charge in [-0.05, 0) is 48.6 Å². The van der Waals surface area contributed by atoms with Crippen molar-refractivity contribution in [1.82, 2.24) is 4.90 Å². The van der Waals surface area contributed by atoms with Crippen LogP contribution >= 0.6 is 11.6 Å². The normalized spacial score (nSPS) is 21.3. The molecule has 1 aliphatic rings. The molecule has 0 radical (unpaired) electrons. The number of nitrogens with two attached hydrogens (primary N) is 1. The summed E-state index contributed by atoms with van der Waals surface area (Å²) in [6, 6.07) is 5.74. The molecule has 2 N–H and O–H groups in total. The van der Waals surface area contributed by atoms with Crippen molar-refractivity contribution < 1.29 is 0 Å². The first kappa shape index (κ1) is 12.7. The van der Waals surface area contributed by atoms with Gasteiger partial charge in [-0.25, -0.2) is 0 Å². The maximum Gasteiger partial charge on any atom is 0.0452 e. The van der Waals surface area contributed by atoms with E-state index in [1.54, 1.807) is 0 Å². The standard InChI is InChI=1S/C14H21ClN2/c1-10(2)11-5-6-17(8-11)9-12-7-13(16)3-4-14(12)15/h3-4,7,10-11H,5-6,8-9,16H2,1-2H3. The monoisotopic (exact) mass is 252 g/mol. The quantitative estimate of drug-likeness (QED) is 0.836. The number of hydrogen-bond donors (Lipinski definition) is 1. The fraction of sp³-hybridized carbons (Fsp3) is 0.571. The van der Waals surface area contributed by atoms with Crippen molar-refractivity contribution in [2.45, 2.75) is 26.8 Å². The van der Waals surface area contributed by atoms with Crippen LogP contribution in [0.15, 0.2) is 18.2 Å². The van der Waals surface area contributed by atoms with E-state index < -0.39 is 0 Å². The van der Waals surface area contributed by atoms with E-state index in [1.165, 1.54) is 19.5 Å². The van der Waals surface area contributed by atoms with Crippen LogP contribution < -0.4 is 5.73 Å². The molecule has 17 heavy (non-hydrogen) atoms. The predicted octanol–water partition coefficient (Wildman–Crippen LogP) is 3.40. The molecule has 1 saturated heterocycles.